The molecule has 0 heterocycles. The van der Waals surface area contributed by atoms with Gasteiger partial charge in [0.05, 0.1) is 0 Å². The maximum absolute atomic E-state index is 5.90. The molecule has 0 aliphatic heterocycles. The maximum atomic E-state index is 5.90. The van der Waals surface area contributed by atoms with E-state index in [4.69, 9.17) is 5.73 Å². The molecular weight excluding hydrogens is 194 g/mol. The molecule has 0 amide bonds. The van der Waals surface area contributed by atoms with Crippen molar-refractivity contribution in [3.63, 3.8) is 0 Å². The number of allylic oxidation sites excluding steroid dienone is 1. The van der Waals surface area contributed by atoms with Gasteiger partial charge in [-0.25, -0.2) is 0 Å². The van der Waals surface area contributed by atoms with Gasteiger partial charge < -0.3 is 5.73 Å². The zero-order valence-corrected chi connectivity index (χ0v) is 9.83. The van der Waals surface area contributed by atoms with Crippen LogP contribution in [0.15, 0.2) is 54.7 Å². The van der Waals surface area contributed by atoms with Crippen LogP contribution in [0.3, 0.4) is 0 Å². The van der Waals surface area contributed by atoms with Crippen LogP contribution >= 0.6 is 0 Å². The second kappa shape index (κ2) is 3.67. The minimum atomic E-state index is -0.194. The lowest BCUT2D eigenvalue weighted by Crippen LogP contribution is -2.25. The zero-order valence-electron chi connectivity index (χ0n) is 9.83. The molecule has 16 heavy (non-hydrogen) atoms. The molecule has 1 nitrogen and oxygen atoms in total. The summed E-state index contributed by atoms with van der Waals surface area (Å²) in [5.74, 6) is 0. The highest BCUT2D eigenvalue weighted by Gasteiger charge is 2.23. The number of hydrogen-bond acceptors (Lipinski definition) is 1. The van der Waals surface area contributed by atoms with E-state index >= 15 is 0 Å². The molecule has 0 aliphatic rings. The summed E-state index contributed by atoms with van der Waals surface area (Å²) >= 11 is 0. The van der Waals surface area contributed by atoms with Crippen LogP contribution < -0.4 is 5.73 Å². The van der Waals surface area contributed by atoms with E-state index in [1.54, 1.807) is 0 Å². The molecule has 0 unspecified atom stereocenters. The molecule has 0 radical (unpaired) electrons. The van der Waals surface area contributed by atoms with Crippen LogP contribution in [0.1, 0.15) is 19.4 Å². The molecule has 2 aromatic carbocycles. The van der Waals surface area contributed by atoms with Gasteiger partial charge in [-0.3, -0.25) is 0 Å². The van der Waals surface area contributed by atoms with Crippen molar-refractivity contribution in [2.75, 3.05) is 0 Å². The topological polar surface area (TPSA) is 26.0 Å². The molecule has 0 atom stereocenters. The van der Waals surface area contributed by atoms with Crippen LogP contribution in [0, 0.1) is 0 Å². The summed E-state index contributed by atoms with van der Waals surface area (Å²) in [6.45, 7) is 8.10. The van der Waals surface area contributed by atoms with E-state index in [9.17, 15) is 0 Å². The van der Waals surface area contributed by atoms with E-state index in [1.807, 2.05) is 0 Å². The summed E-state index contributed by atoms with van der Waals surface area (Å²) in [6, 6.07) is 14.7. The van der Waals surface area contributed by atoms with E-state index in [2.05, 4.69) is 62.9 Å². The predicted molar refractivity (Wildman–Crippen MR) is 70.3 cm³/mol. The molecule has 0 spiro atoms. The van der Waals surface area contributed by atoms with Gasteiger partial charge in [-0.05, 0) is 16.3 Å². The van der Waals surface area contributed by atoms with Gasteiger partial charge in [0.25, 0.3) is 0 Å². The number of benzene rings is 2. The number of rotatable bonds is 2. The Labute approximate surface area is 96.6 Å². The standard InChI is InChI=1S/C15H17N/c1-11(16)15(2,3)14-10-6-8-12-7-4-5-9-13(12)14/h4-10H,1,16H2,2-3H3. The average Bonchev–Trinajstić information content (AvgIpc) is 2.28. The van der Waals surface area contributed by atoms with Crippen molar-refractivity contribution in [3.8, 4) is 0 Å². The smallest absolute Gasteiger partial charge is 0.0291 e. The Kier molecular flexibility index (Phi) is 2.47. The number of hydrogen-bond donors (Lipinski definition) is 1. The Morgan fingerprint density at radius 1 is 1.06 bits per heavy atom. The molecule has 0 saturated carbocycles. The lowest BCUT2D eigenvalue weighted by atomic mass is 9.79. The first-order valence-corrected chi connectivity index (χ1v) is 5.46. The van der Waals surface area contributed by atoms with Crippen molar-refractivity contribution >= 4 is 10.8 Å². The first-order chi connectivity index (χ1) is 7.53. The second-order valence-corrected chi connectivity index (χ2v) is 4.68. The van der Waals surface area contributed by atoms with Crippen LogP contribution in [0.4, 0.5) is 0 Å². The molecule has 0 aliphatic carbocycles. The molecule has 0 aromatic heterocycles. The first-order valence-electron chi connectivity index (χ1n) is 5.46. The van der Waals surface area contributed by atoms with Crippen LogP contribution in [0.25, 0.3) is 10.8 Å². The summed E-state index contributed by atoms with van der Waals surface area (Å²) in [6.07, 6.45) is 0. The van der Waals surface area contributed by atoms with Gasteiger partial charge in [-0.15, -0.1) is 0 Å². The van der Waals surface area contributed by atoms with Gasteiger partial charge in [0.15, 0.2) is 0 Å². The summed E-state index contributed by atoms with van der Waals surface area (Å²) in [4.78, 5) is 0. The predicted octanol–water partition coefficient (Wildman–Crippen LogP) is 3.59. The monoisotopic (exact) mass is 211 g/mol. The minimum Gasteiger partial charge on any atom is -0.402 e. The van der Waals surface area contributed by atoms with Crippen molar-refractivity contribution in [2.24, 2.45) is 5.73 Å². The normalized spacial score (nSPS) is 11.6. The quantitative estimate of drug-likeness (QED) is 0.807. The lowest BCUT2D eigenvalue weighted by Gasteiger charge is -2.26. The number of nitrogens with two attached hydrogens (primary N) is 1. The fourth-order valence-corrected chi connectivity index (χ4v) is 1.94. The van der Waals surface area contributed by atoms with Crippen LogP contribution in [0.2, 0.25) is 0 Å². The van der Waals surface area contributed by atoms with Crippen LogP contribution in [-0.2, 0) is 5.41 Å². The van der Waals surface area contributed by atoms with E-state index in [0.29, 0.717) is 5.70 Å². The largest absolute Gasteiger partial charge is 0.402 e. The van der Waals surface area contributed by atoms with Crippen molar-refractivity contribution in [2.45, 2.75) is 19.3 Å². The molecule has 82 valence electrons. The minimum absolute atomic E-state index is 0.194. The summed E-state index contributed by atoms with van der Waals surface area (Å²) in [5, 5.41) is 2.50. The van der Waals surface area contributed by atoms with Crippen molar-refractivity contribution in [3.05, 3.63) is 60.3 Å². The Balaban J connectivity index is 2.74. The Morgan fingerprint density at radius 2 is 1.69 bits per heavy atom. The lowest BCUT2D eigenvalue weighted by molar-refractivity contribution is 0.624. The molecular formula is C15H17N. The van der Waals surface area contributed by atoms with E-state index < -0.39 is 0 Å². The Hall–Kier alpha value is -1.76. The maximum Gasteiger partial charge on any atom is 0.0291 e. The van der Waals surface area contributed by atoms with Gasteiger partial charge in [0.1, 0.15) is 0 Å². The molecule has 2 rings (SSSR count). The van der Waals surface area contributed by atoms with Gasteiger partial charge in [0, 0.05) is 11.1 Å². The van der Waals surface area contributed by atoms with E-state index in [0.717, 1.165) is 0 Å². The molecule has 0 saturated heterocycles. The third kappa shape index (κ3) is 1.58. The van der Waals surface area contributed by atoms with Crippen molar-refractivity contribution in [1.82, 2.24) is 0 Å². The van der Waals surface area contributed by atoms with Crippen molar-refractivity contribution < 1.29 is 0 Å². The third-order valence-electron chi connectivity index (χ3n) is 3.27. The Bertz CT molecular complexity index is 533. The van der Waals surface area contributed by atoms with Gasteiger partial charge in [-0.2, -0.15) is 0 Å². The molecule has 0 fully saturated rings. The molecule has 2 N–H and O–H groups in total. The average molecular weight is 211 g/mol. The summed E-state index contributed by atoms with van der Waals surface area (Å²) < 4.78 is 0. The van der Waals surface area contributed by atoms with Gasteiger partial charge in [-0.1, -0.05) is 62.9 Å². The highest BCUT2D eigenvalue weighted by molar-refractivity contribution is 5.87. The van der Waals surface area contributed by atoms with Crippen molar-refractivity contribution in [1.29, 1.82) is 0 Å². The van der Waals surface area contributed by atoms with Crippen LogP contribution in [0.5, 0.6) is 0 Å². The summed E-state index contributed by atoms with van der Waals surface area (Å²) in [7, 11) is 0. The molecule has 2 aromatic rings. The highest BCUT2D eigenvalue weighted by Crippen LogP contribution is 2.33. The Morgan fingerprint density at radius 3 is 2.38 bits per heavy atom. The van der Waals surface area contributed by atoms with Gasteiger partial charge in [0.2, 0.25) is 0 Å². The highest BCUT2D eigenvalue weighted by atomic mass is 14.6. The molecule has 0 bridgehead atoms. The second-order valence-electron chi connectivity index (χ2n) is 4.68. The third-order valence-corrected chi connectivity index (χ3v) is 3.27. The first kappa shape index (κ1) is 10.7. The van der Waals surface area contributed by atoms with E-state index in [1.165, 1.54) is 16.3 Å². The molecule has 1 heteroatoms. The fraction of sp³-hybridized carbons (Fsp3) is 0.200. The zero-order chi connectivity index (χ0) is 11.8. The van der Waals surface area contributed by atoms with E-state index in [-0.39, 0.29) is 5.41 Å². The number of fused-ring (bicyclic) bond motifs is 1. The summed E-state index contributed by atoms with van der Waals surface area (Å²) in [5.41, 5.74) is 7.64. The SMILES string of the molecule is C=C(N)C(C)(C)c1cccc2ccccc12. The van der Waals surface area contributed by atoms with Gasteiger partial charge >= 0.3 is 0 Å². The van der Waals surface area contributed by atoms with Crippen LogP contribution in [-0.4, -0.2) is 0 Å². The fourth-order valence-electron chi connectivity index (χ4n) is 1.94.